The second-order valence-corrected chi connectivity index (χ2v) is 7.62. The average Bonchev–Trinajstić information content (AvgIpc) is 2.91. The van der Waals surface area contributed by atoms with E-state index in [1.54, 1.807) is 23.9 Å². The number of thioether (sulfide) groups is 1. The van der Waals surface area contributed by atoms with Crippen LogP contribution in [0.4, 0.5) is 5.69 Å². The zero-order valence-electron chi connectivity index (χ0n) is 15.7. The lowest BCUT2D eigenvalue weighted by Gasteiger charge is -2.14. The van der Waals surface area contributed by atoms with Crippen LogP contribution in [0.5, 0.6) is 0 Å². The highest BCUT2D eigenvalue weighted by Crippen LogP contribution is 2.27. The molecule has 1 N–H and O–H groups in total. The van der Waals surface area contributed by atoms with Crippen LogP contribution in [-0.2, 0) is 4.79 Å². The first-order chi connectivity index (χ1) is 13.5. The van der Waals surface area contributed by atoms with Crippen LogP contribution in [-0.4, -0.2) is 34.9 Å². The highest BCUT2D eigenvalue weighted by molar-refractivity contribution is 7.99. The fourth-order valence-corrected chi connectivity index (χ4v) is 3.81. The van der Waals surface area contributed by atoms with Gasteiger partial charge in [-0.2, -0.15) is 0 Å². The molecular weight excluding hydrogens is 372 g/mol. The molecule has 2 aromatic rings. The van der Waals surface area contributed by atoms with Crippen molar-refractivity contribution in [1.29, 1.82) is 0 Å². The van der Waals surface area contributed by atoms with Crippen molar-refractivity contribution in [3.8, 4) is 0 Å². The van der Waals surface area contributed by atoms with Gasteiger partial charge in [-0.1, -0.05) is 29.8 Å². The maximum atomic E-state index is 12.5. The number of amides is 3. The summed E-state index contributed by atoms with van der Waals surface area (Å²) in [5.41, 5.74) is 2.58. The molecule has 144 valence electrons. The molecule has 2 aromatic carbocycles. The van der Waals surface area contributed by atoms with Gasteiger partial charge in [-0.25, -0.2) is 0 Å². The van der Waals surface area contributed by atoms with Gasteiger partial charge in [0.2, 0.25) is 5.91 Å². The number of carbonyl (C=O) groups excluding carboxylic acids is 3. The van der Waals surface area contributed by atoms with Crippen molar-refractivity contribution >= 4 is 35.2 Å². The van der Waals surface area contributed by atoms with E-state index in [4.69, 9.17) is 0 Å². The Kier molecular flexibility index (Phi) is 6.31. The van der Waals surface area contributed by atoms with Gasteiger partial charge in [0.05, 0.1) is 16.8 Å². The second kappa shape index (κ2) is 8.89. The molecule has 1 aliphatic heterocycles. The van der Waals surface area contributed by atoms with E-state index in [9.17, 15) is 14.4 Å². The third kappa shape index (κ3) is 4.34. The number of hydrogen-bond donors (Lipinski definition) is 1. The Bertz CT molecular complexity index is 939. The van der Waals surface area contributed by atoms with Crippen LogP contribution in [0.25, 0.3) is 0 Å². The molecule has 0 unspecified atom stereocenters. The first-order valence-corrected chi connectivity index (χ1v) is 10.1. The lowest BCUT2D eigenvalue weighted by Crippen LogP contribution is -2.31. The Hall–Kier alpha value is -2.86. The minimum absolute atomic E-state index is 0.140. The summed E-state index contributed by atoms with van der Waals surface area (Å²) in [5, 5.41) is 2.91. The van der Waals surface area contributed by atoms with Gasteiger partial charge in [0.15, 0.2) is 0 Å². The molecule has 0 aromatic heterocycles. The number of nitrogens with zero attached hydrogens (tertiary/aromatic N) is 1. The number of hydrogen-bond acceptors (Lipinski definition) is 4. The van der Waals surface area contributed by atoms with Crippen molar-refractivity contribution in [2.45, 2.75) is 24.7 Å². The minimum Gasteiger partial charge on any atom is -0.325 e. The monoisotopic (exact) mass is 394 g/mol. The number of anilines is 1. The van der Waals surface area contributed by atoms with Gasteiger partial charge in [-0.05, 0) is 37.6 Å². The summed E-state index contributed by atoms with van der Waals surface area (Å²) < 4.78 is 0. The Morgan fingerprint density at radius 2 is 1.89 bits per heavy atom. The molecule has 3 amide bonds. The largest absolute Gasteiger partial charge is 0.325 e. The Balaban J connectivity index is 1.55. The number of imide groups is 1. The zero-order valence-corrected chi connectivity index (χ0v) is 16.6. The molecule has 0 fully saturated rings. The minimum atomic E-state index is -0.286. The molecule has 1 aliphatic rings. The SMILES string of the molecule is C=CCSc1ccccc1NC(=O)CCCN1C(=O)c2ccc(C)cc2C1=O. The highest BCUT2D eigenvalue weighted by Gasteiger charge is 2.34. The van der Waals surface area contributed by atoms with Crippen molar-refractivity contribution < 1.29 is 14.4 Å². The number of nitrogens with one attached hydrogen (secondary N) is 1. The number of carbonyl (C=O) groups is 3. The molecule has 0 radical (unpaired) electrons. The van der Waals surface area contributed by atoms with Crippen LogP contribution in [0.15, 0.2) is 60.0 Å². The molecule has 0 aliphatic carbocycles. The molecule has 0 spiro atoms. The molecule has 0 atom stereocenters. The maximum absolute atomic E-state index is 12.5. The van der Waals surface area contributed by atoms with Crippen LogP contribution in [0.1, 0.15) is 39.1 Å². The van der Waals surface area contributed by atoms with Gasteiger partial charge in [-0.15, -0.1) is 18.3 Å². The van der Waals surface area contributed by atoms with Gasteiger partial charge in [-0.3, -0.25) is 19.3 Å². The van der Waals surface area contributed by atoms with Crippen LogP contribution < -0.4 is 5.32 Å². The summed E-state index contributed by atoms with van der Waals surface area (Å²) in [6.07, 6.45) is 2.46. The fraction of sp³-hybridized carbons (Fsp3) is 0.227. The summed E-state index contributed by atoms with van der Waals surface area (Å²) in [6, 6.07) is 12.8. The predicted octanol–water partition coefficient (Wildman–Crippen LogP) is 4.29. The van der Waals surface area contributed by atoms with Crippen LogP contribution in [0.3, 0.4) is 0 Å². The van der Waals surface area contributed by atoms with E-state index in [-0.39, 0.29) is 30.7 Å². The zero-order chi connectivity index (χ0) is 20.1. The van der Waals surface area contributed by atoms with Crippen molar-refractivity contribution in [1.82, 2.24) is 4.90 Å². The molecule has 1 heterocycles. The van der Waals surface area contributed by atoms with E-state index in [2.05, 4.69) is 11.9 Å². The Morgan fingerprint density at radius 3 is 2.68 bits per heavy atom. The second-order valence-electron chi connectivity index (χ2n) is 6.56. The van der Waals surface area contributed by atoms with Gasteiger partial charge in [0.25, 0.3) is 11.8 Å². The van der Waals surface area contributed by atoms with Crippen molar-refractivity contribution in [2.75, 3.05) is 17.6 Å². The van der Waals surface area contributed by atoms with E-state index < -0.39 is 0 Å². The smallest absolute Gasteiger partial charge is 0.261 e. The third-order valence-corrected chi connectivity index (χ3v) is 5.50. The third-order valence-electron chi connectivity index (χ3n) is 4.43. The summed E-state index contributed by atoms with van der Waals surface area (Å²) in [7, 11) is 0. The van der Waals surface area contributed by atoms with Crippen LogP contribution in [0.2, 0.25) is 0 Å². The lowest BCUT2D eigenvalue weighted by molar-refractivity contribution is -0.116. The number of benzene rings is 2. The van der Waals surface area contributed by atoms with Gasteiger partial charge < -0.3 is 5.32 Å². The number of rotatable bonds is 8. The lowest BCUT2D eigenvalue weighted by atomic mass is 10.1. The summed E-state index contributed by atoms with van der Waals surface area (Å²) in [5.74, 6) is 0.0486. The highest BCUT2D eigenvalue weighted by atomic mass is 32.2. The van der Waals surface area contributed by atoms with Crippen LogP contribution in [0, 0.1) is 6.92 Å². The maximum Gasteiger partial charge on any atom is 0.261 e. The van der Waals surface area contributed by atoms with E-state index >= 15 is 0 Å². The molecule has 0 saturated carbocycles. The van der Waals surface area contributed by atoms with Crippen LogP contribution >= 0.6 is 11.8 Å². The number of para-hydroxylation sites is 1. The van der Waals surface area contributed by atoms with Crippen molar-refractivity contribution in [3.63, 3.8) is 0 Å². The van der Waals surface area contributed by atoms with Gasteiger partial charge in [0, 0.05) is 23.6 Å². The normalized spacial score (nSPS) is 12.8. The summed E-state index contributed by atoms with van der Waals surface area (Å²) >= 11 is 1.60. The van der Waals surface area contributed by atoms with E-state index in [0.717, 1.165) is 21.9 Å². The molecule has 6 heteroatoms. The first-order valence-electron chi connectivity index (χ1n) is 9.10. The Morgan fingerprint density at radius 1 is 1.14 bits per heavy atom. The summed E-state index contributed by atoms with van der Waals surface area (Å²) in [6.45, 7) is 5.82. The molecule has 0 bridgehead atoms. The predicted molar refractivity (Wildman–Crippen MR) is 112 cm³/mol. The van der Waals surface area contributed by atoms with E-state index in [0.29, 0.717) is 17.5 Å². The average molecular weight is 394 g/mol. The van der Waals surface area contributed by atoms with E-state index in [1.165, 1.54) is 4.90 Å². The summed E-state index contributed by atoms with van der Waals surface area (Å²) in [4.78, 5) is 39.4. The first kappa shape index (κ1) is 19.9. The topological polar surface area (TPSA) is 66.5 Å². The van der Waals surface area contributed by atoms with Crippen molar-refractivity contribution in [3.05, 3.63) is 71.8 Å². The molecule has 5 nitrogen and oxygen atoms in total. The molecule has 0 saturated heterocycles. The quantitative estimate of drug-likeness (QED) is 0.412. The standard InChI is InChI=1S/C22H22N2O3S/c1-3-13-28-19-8-5-4-7-18(19)23-20(25)9-6-12-24-21(26)16-11-10-15(2)14-17(16)22(24)27/h3-5,7-8,10-11,14H,1,6,9,12-13H2,2H3,(H,23,25). The van der Waals surface area contributed by atoms with Crippen molar-refractivity contribution in [2.24, 2.45) is 0 Å². The molecule has 28 heavy (non-hydrogen) atoms. The van der Waals surface area contributed by atoms with Gasteiger partial charge in [0.1, 0.15) is 0 Å². The number of fused-ring (bicyclic) bond motifs is 1. The van der Waals surface area contributed by atoms with Gasteiger partial charge >= 0.3 is 0 Å². The fourth-order valence-electron chi connectivity index (χ4n) is 3.06. The molecule has 3 rings (SSSR count). The Labute approximate surface area is 168 Å². The number of aryl methyl sites for hydroxylation is 1. The molecular formula is C22H22N2O3S. The van der Waals surface area contributed by atoms with E-state index in [1.807, 2.05) is 43.3 Å².